The molecule has 86 valence electrons. The maximum atomic E-state index is 5.49. The highest BCUT2D eigenvalue weighted by Gasteiger charge is 2.31. The SMILES string of the molecule is CCOC(CCOC)(OCC)OCC. The lowest BCUT2D eigenvalue weighted by molar-refractivity contribution is -0.381. The predicted octanol–water partition coefficient (Wildman–Crippen LogP) is 1.79. The summed E-state index contributed by atoms with van der Waals surface area (Å²) < 4.78 is 21.5. The topological polar surface area (TPSA) is 36.9 Å². The highest BCUT2D eigenvalue weighted by molar-refractivity contribution is 4.57. The van der Waals surface area contributed by atoms with Gasteiger partial charge in [0, 0.05) is 26.9 Å². The van der Waals surface area contributed by atoms with E-state index in [1.807, 2.05) is 20.8 Å². The molecule has 0 heterocycles. The third kappa shape index (κ3) is 4.91. The highest BCUT2D eigenvalue weighted by atomic mass is 16.9. The largest absolute Gasteiger partial charge is 0.384 e. The quantitative estimate of drug-likeness (QED) is 0.539. The monoisotopic (exact) mass is 206 g/mol. The van der Waals surface area contributed by atoms with Crippen LogP contribution >= 0.6 is 0 Å². The molecule has 4 nitrogen and oxygen atoms in total. The van der Waals surface area contributed by atoms with E-state index in [1.165, 1.54) is 0 Å². The highest BCUT2D eigenvalue weighted by Crippen LogP contribution is 2.20. The molecule has 14 heavy (non-hydrogen) atoms. The summed E-state index contributed by atoms with van der Waals surface area (Å²) in [7, 11) is 1.65. The van der Waals surface area contributed by atoms with Gasteiger partial charge in [-0.05, 0) is 20.8 Å². The van der Waals surface area contributed by atoms with Crippen molar-refractivity contribution in [3.8, 4) is 0 Å². The molecule has 4 heteroatoms. The Kier molecular flexibility index (Phi) is 8.08. The van der Waals surface area contributed by atoms with Gasteiger partial charge < -0.3 is 18.9 Å². The Bertz CT molecular complexity index is 110. The number of hydrogen-bond donors (Lipinski definition) is 0. The normalized spacial score (nSPS) is 12.0. The van der Waals surface area contributed by atoms with Crippen LogP contribution in [0, 0.1) is 0 Å². The smallest absolute Gasteiger partial charge is 0.285 e. The first kappa shape index (κ1) is 13.8. The van der Waals surface area contributed by atoms with E-state index in [1.54, 1.807) is 7.11 Å². The molecular weight excluding hydrogens is 184 g/mol. The first-order valence-corrected chi connectivity index (χ1v) is 5.15. The molecule has 0 aromatic rings. The van der Waals surface area contributed by atoms with Gasteiger partial charge in [-0.1, -0.05) is 0 Å². The van der Waals surface area contributed by atoms with E-state index < -0.39 is 5.97 Å². The summed E-state index contributed by atoms with van der Waals surface area (Å²) in [6.45, 7) is 7.98. The maximum absolute atomic E-state index is 5.49. The van der Waals surface area contributed by atoms with Gasteiger partial charge in [0.15, 0.2) is 0 Å². The molecule has 0 N–H and O–H groups in total. The van der Waals surface area contributed by atoms with E-state index in [0.717, 1.165) is 0 Å². The Morgan fingerprint density at radius 2 is 1.29 bits per heavy atom. The summed E-state index contributed by atoms with van der Waals surface area (Å²) in [4.78, 5) is 0. The van der Waals surface area contributed by atoms with E-state index in [2.05, 4.69) is 0 Å². The molecule has 0 fully saturated rings. The molecule has 0 saturated carbocycles. The molecule has 0 aliphatic rings. The van der Waals surface area contributed by atoms with Crippen molar-refractivity contribution < 1.29 is 18.9 Å². The third-order valence-electron chi connectivity index (χ3n) is 1.71. The van der Waals surface area contributed by atoms with Crippen LogP contribution in [0.3, 0.4) is 0 Å². The third-order valence-corrected chi connectivity index (χ3v) is 1.71. The summed E-state index contributed by atoms with van der Waals surface area (Å²) in [5.41, 5.74) is 0. The Morgan fingerprint density at radius 1 is 0.857 bits per heavy atom. The van der Waals surface area contributed by atoms with E-state index in [-0.39, 0.29) is 0 Å². The summed E-state index contributed by atoms with van der Waals surface area (Å²) in [5, 5.41) is 0. The van der Waals surface area contributed by atoms with Crippen LogP contribution in [-0.4, -0.2) is 39.5 Å². The van der Waals surface area contributed by atoms with Crippen molar-refractivity contribution in [3.63, 3.8) is 0 Å². The number of ether oxygens (including phenoxy) is 4. The van der Waals surface area contributed by atoms with Gasteiger partial charge in [0.2, 0.25) is 0 Å². The predicted molar refractivity (Wildman–Crippen MR) is 54.1 cm³/mol. The molecule has 0 amide bonds. The lowest BCUT2D eigenvalue weighted by Crippen LogP contribution is -2.40. The van der Waals surface area contributed by atoms with Gasteiger partial charge in [-0.15, -0.1) is 0 Å². The van der Waals surface area contributed by atoms with E-state index >= 15 is 0 Å². The summed E-state index contributed by atoms with van der Waals surface area (Å²) in [5.74, 6) is -0.922. The molecule has 0 atom stereocenters. The zero-order valence-corrected chi connectivity index (χ0v) is 9.67. The zero-order chi connectivity index (χ0) is 10.9. The van der Waals surface area contributed by atoms with Crippen molar-refractivity contribution in [2.75, 3.05) is 33.5 Å². The van der Waals surface area contributed by atoms with Crippen LogP contribution < -0.4 is 0 Å². The van der Waals surface area contributed by atoms with Crippen molar-refractivity contribution in [3.05, 3.63) is 0 Å². The second kappa shape index (κ2) is 8.17. The molecule has 0 unspecified atom stereocenters. The molecule has 0 saturated heterocycles. The second-order valence-electron chi connectivity index (χ2n) is 2.72. The molecule has 0 rings (SSSR count). The zero-order valence-electron chi connectivity index (χ0n) is 9.67. The molecule has 0 bridgehead atoms. The van der Waals surface area contributed by atoms with Crippen LogP contribution in [0.1, 0.15) is 27.2 Å². The Balaban J connectivity index is 4.21. The first-order chi connectivity index (χ1) is 6.74. The van der Waals surface area contributed by atoms with Gasteiger partial charge in [0.05, 0.1) is 13.0 Å². The van der Waals surface area contributed by atoms with Gasteiger partial charge in [-0.3, -0.25) is 0 Å². The minimum atomic E-state index is -0.922. The number of rotatable bonds is 9. The average Bonchev–Trinajstić information content (AvgIpc) is 2.16. The fourth-order valence-electron chi connectivity index (χ4n) is 1.23. The first-order valence-electron chi connectivity index (χ1n) is 5.15. The fraction of sp³-hybridized carbons (Fsp3) is 1.00. The molecule has 0 radical (unpaired) electrons. The Labute approximate surface area is 86.5 Å². The van der Waals surface area contributed by atoms with Crippen molar-refractivity contribution in [2.24, 2.45) is 0 Å². The fourth-order valence-corrected chi connectivity index (χ4v) is 1.23. The van der Waals surface area contributed by atoms with Gasteiger partial charge in [0.25, 0.3) is 5.97 Å². The van der Waals surface area contributed by atoms with Crippen LogP contribution in [0.25, 0.3) is 0 Å². The summed E-state index contributed by atoms with van der Waals surface area (Å²) in [6.07, 6.45) is 0.582. The van der Waals surface area contributed by atoms with Crippen LogP contribution in [0.5, 0.6) is 0 Å². The summed E-state index contributed by atoms with van der Waals surface area (Å²) >= 11 is 0. The van der Waals surface area contributed by atoms with Gasteiger partial charge in [0.1, 0.15) is 0 Å². The van der Waals surface area contributed by atoms with Crippen molar-refractivity contribution in [1.29, 1.82) is 0 Å². The van der Waals surface area contributed by atoms with Crippen molar-refractivity contribution in [1.82, 2.24) is 0 Å². The van der Waals surface area contributed by atoms with Gasteiger partial charge >= 0.3 is 0 Å². The maximum Gasteiger partial charge on any atom is 0.285 e. The lowest BCUT2D eigenvalue weighted by atomic mass is 10.4. The van der Waals surface area contributed by atoms with Crippen molar-refractivity contribution >= 4 is 0 Å². The Hall–Kier alpha value is -0.160. The molecule has 0 aliphatic carbocycles. The minimum absolute atomic E-state index is 0.556. The lowest BCUT2D eigenvalue weighted by Gasteiger charge is -2.32. The second-order valence-corrected chi connectivity index (χ2v) is 2.72. The van der Waals surface area contributed by atoms with Gasteiger partial charge in [-0.2, -0.15) is 0 Å². The Morgan fingerprint density at radius 3 is 1.57 bits per heavy atom. The molecule has 0 aromatic carbocycles. The van der Waals surface area contributed by atoms with E-state index in [9.17, 15) is 0 Å². The van der Waals surface area contributed by atoms with E-state index in [4.69, 9.17) is 18.9 Å². The minimum Gasteiger partial charge on any atom is -0.384 e. The number of hydrogen-bond acceptors (Lipinski definition) is 4. The van der Waals surface area contributed by atoms with Crippen molar-refractivity contribution in [2.45, 2.75) is 33.2 Å². The van der Waals surface area contributed by atoms with Crippen LogP contribution in [0.4, 0.5) is 0 Å². The molecule has 0 aliphatic heterocycles. The van der Waals surface area contributed by atoms with Crippen LogP contribution in [0.2, 0.25) is 0 Å². The number of methoxy groups -OCH3 is 1. The summed E-state index contributed by atoms with van der Waals surface area (Å²) in [6, 6.07) is 0. The standard InChI is InChI=1S/C10H22O4/c1-5-12-10(13-6-2,14-7-3)8-9-11-4/h5-9H2,1-4H3. The van der Waals surface area contributed by atoms with Crippen LogP contribution in [0.15, 0.2) is 0 Å². The average molecular weight is 206 g/mol. The van der Waals surface area contributed by atoms with E-state index in [0.29, 0.717) is 32.8 Å². The molecular formula is C10H22O4. The van der Waals surface area contributed by atoms with Gasteiger partial charge in [-0.25, -0.2) is 0 Å². The molecule has 0 spiro atoms. The van der Waals surface area contributed by atoms with Crippen LogP contribution in [-0.2, 0) is 18.9 Å². The molecule has 0 aromatic heterocycles.